The van der Waals surface area contributed by atoms with E-state index >= 15 is 0 Å². The molecule has 1 aromatic carbocycles. The van der Waals surface area contributed by atoms with Gasteiger partial charge in [0.1, 0.15) is 5.75 Å². The molecule has 2 fully saturated rings. The molecule has 2 N–H and O–H groups in total. The molecule has 0 aromatic heterocycles. The molecule has 0 radical (unpaired) electrons. The predicted molar refractivity (Wildman–Crippen MR) is 100 cm³/mol. The van der Waals surface area contributed by atoms with E-state index in [0.29, 0.717) is 12.3 Å². The average molecular weight is 358 g/mol. The molecule has 5 nitrogen and oxygen atoms in total. The minimum atomic E-state index is -0.215. The second-order valence-corrected chi connectivity index (χ2v) is 8.05. The lowest BCUT2D eigenvalue weighted by atomic mass is 9.74. The summed E-state index contributed by atoms with van der Waals surface area (Å²) in [4.78, 5) is 15.0. The summed E-state index contributed by atoms with van der Waals surface area (Å²) >= 11 is 0. The Hall–Kier alpha value is -1.59. The van der Waals surface area contributed by atoms with Crippen LogP contribution in [0.15, 0.2) is 18.2 Å². The number of likely N-dealkylation sites (tertiary alicyclic amines) is 1. The number of ether oxygens (including phenoxy) is 1. The zero-order valence-corrected chi connectivity index (χ0v) is 15.5. The lowest BCUT2D eigenvalue weighted by Crippen LogP contribution is -2.41. The fraction of sp³-hybridized carbons (Fsp3) is 0.667. The monoisotopic (exact) mass is 358 g/mol. The maximum Gasteiger partial charge on any atom is 0.220 e. The largest absolute Gasteiger partial charge is 0.493 e. The molecule has 1 aliphatic carbocycles. The molecule has 3 aliphatic rings. The third-order valence-electron chi connectivity index (χ3n) is 6.09. The van der Waals surface area contributed by atoms with Crippen LogP contribution in [0.3, 0.4) is 0 Å². The van der Waals surface area contributed by atoms with Crippen molar-refractivity contribution in [2.75, 3.05) is 26.2 Å². The molecule has 1 atom stereocenters. The van der Waals surface area contributed by atoms with Crippen LogP contribution in [0.1, 0.15) is 55.7 Å². The van der Waals surface area contributed by atoms with Crippen molar-refractivity contribution in [2.45, 2.75) is 57.1 Å². The number of rotatable bonds is 7. The third-order valence-corrected chi connectivity index (χ3v) is 6.09. The molecular weight excluding hydrogens is 328 g/mol. The number of aliphatic hydroxyl groups excluding tert-OH is 1. The summed E-state index contributed by atoms with van der Waals surface area (Å²) in [6.45, 7) is 4.13. The second-order valence-electron chi connectivity index (χ2n) is 8.05. The minimum absolute atomic E-state index is 0.00332. The first kappa shape index (κ1) is 17.8. The molecule has 26 heavy (non-hydrogen) atoms. The number of hydrogen-bond acceptors (Lipinski definition) is 4. The summed E-state index contributed by atoms with van der Waals surface area (Å²) < 4.78 is 5.60. The average Bonchev–Trinajstić information content (AvgIpc) is 3.28. The zero-order valence-electron chi connectivity index (χ0n) is 15.5. The van der Waals surface area contributed by atoms with E-state index in [1.54, 1.807) is 0 Å². The van der Waals surface area contributed by atoms with Crippen LogP contribution in [-0.2, 0) is 11.2 Å². The molecule has 0 spiro atoms. The third kappa shape index (κ3) is 4.04. The number of hydrogen-bond donors (Lipinski definition) is 2. The molecule has 4 rings (SSSR count). The van der Waals surface area contributed by atoms with Crippen molar-refractivity contribution >= 4 is 5.91 Å². The predicted octanol–water partition coefficient (Wildman–Crippen LogP) is 2.43. The lowest BCUT2D eigenvalue weighted by molar-refractivity contribution is -0.123. The SMILES string of the molecule is O=C(CCCN1CCCC1)N[C@@H](c1ccc2c(c1)CCO2)C1CC(O)C1. The highest BCUT2D eigenvalue weighted by molar-refractivity contribution is 5.76. The summed E-state index contributed by atoms with van der Waals surface area (Å²) in [7, 11) is 0. The first-order valence-electron chi connectivity index (χ1n) is 10.1. The minimum Gasteiger partial charge on any atom is -0.493 e. The van der Waals surface area contributed by atoms with Gasteiger partial charge in [0.05, 0.1) is 18.8 Å². The number of nitrogens with zero attached hydrogens (tertiary/aromatic N) is 1. The first-order chi connectivity index (χ1) is 12.7. The Morgan fingerprint density at radius 3 is 2.88 bits per heavy atom. The van der Waals surface area contributed by atoms with Crippen molar-refractivity contribution in [1.82, 2.24) is 10.2 Å². The molecule has 1 saturated carbocycles. The quantitative estimate of drug-likeness (QED) is 0.786. The van der Waals surface area contributed by atoms with Gasteiger partial charge < -0.3 is 20.1 Å². The van der Waals surface area contributed by atoms with Gasteiger partial charge in [-0.15, -0.1) is 0 Å². The van der Waals surface area contributed by atoms with Crippen molar-refractivity contribution in [3.05, 3.63) is 29.3 Å². The molecule has 1 aromatic rings. The van der Waals surface area contributed by atoms with Gasteiger partial charge in [-0.25, -0.2) is 0 Å². The van der Waals surface area contributed by atoms with E-state index in [0.717, 1.165) is 50.1 Å². The number of carbonyl (C=O) groups is 1. The molecule has 5 heteroatoms. The van der Waals surface area contributed by atoms with Crippen molar-refractivity contribution in [2.24, 2.45) is 5.92 Å². The number of carbonyl (C=O) groups excluding carboxylic acids is 1. The van der Waals surface area contributed by atoms with Crippen molar-refractivity contribution < 1.29 is 14.6 Å². The van der Waals surface area contributed by atoms with Gasteiger partial charge in [-0.05, 0) is 80.9 Å². The molecule has 142 valence electrons. The van der Waals surface area contributed by atoms with E-state index in [1.165, 1.54) is 31.5 Å². The van der Waals surface area contributed by atoms with E-state index in [9.17, 15) is 9.90 Å². The van der Waals surface area contributed by atoms with Crippen LogP contribution in [0.5, 0.6) is 5.75 Å². The van der Waals surface area contributed by atoms with E-state index in [-0.39, 0.29) is 18.1 Å². The number of benzene rings is 1. The molecule has 2 heterocycles. The Kier molecular flexibility index (Phi) is 5.46. The fourth-order valence-corrected chi connectivity index (χ4v) is 4.49. The number of aliphatic hydroxyl groups is 1. The molecule has 0 bridgehead atoms. The van der Waals surface area contributed by atoms with Crippen LogP contribution >= 0.6 is 0 Å². The molecule has 1 amide bonds. The fourth-order valence-electron chi connectivity index (χ4n) is 4.49. The van der Waals surface area contributed by atoms with E-state index < -0.39 is 0 Å². The zero-order chi connectivity index (χ0) is 17.9. The van der Waals surface area contributed by atoms with Gasteiger partial charge in [0, 0.05) is 12.8 Å². The van der Waals surface area contributed by atoms with Crippen LogP contribution in [0, 0.1) is 5.92 Å². The van der Waals surface area contributed by atoms with E-state index in [4.69, 9.17) is 4.74 Å². The summed E-state index contributed by atoms with van der Waals surface area (Å²) in [6.07, 6.45) is 6.35. The van der Waals surface area contributed by atoms with Gasteiger partial charge in [0.2, 0.25) is 5.91 Å². The maximum absolute atomic E-state index is 12.5. The Bertz CT molecular complexity index is 636. The van der Waals surface area contributed by atoms with E-state index in [1.807, 2.05) is 6.07 Å². The van der Waals surface area contributed by atoms with Gasteiger partial charge >= 0.3 is 0 Å². The standard InChI is InChI=1S/C21H30N2O3/c24-18-13-17(14-18)21(16-5-6-19-15(12-16)7-11-26-19)22-20(25)4-3-10-23-8-1-2-9-23/h5-6,12,17-18,21,24H,1-4,7-11,13-14H2,(H,22,25)/t17?,18?,21-/m0/s1. The molecule has 2 aliphatic heterocycles. The van der Waals surface area contributed by atoms with Gasteiger partial charge in [0.25, 0.3) is 0 Å². The number of amides is 1. The highest BCUT2D eigenvalue weighted by Gasteiger charge is 2.36. The smallest absolute Gasteiger partial charge is 0.220 e. The van der Waals surface area contributed by atoms with Crippen molar-refractivity contribution in [1.29, 1.82) is 0 Å². The van der Waals surface area contributed by atoms with Crippen LogP contribution in [0.2, 0.25) is 0 Å². The number of fused-ring (bicyclic) bond motifs is 1. The Labute approximate surface area is 155 Å². The lowest BCUT2D eigenvalue weighted by Gasteiger charge is -2.38. The van der Waals surface area contributed by atoms with E-state index in [2.05, 4.69) is 22.3 Å². The van der Waals surface area contributed by atoms with Crippen LogP contribution in [0.25, 0.3) is 0 Å². The summed E-state index contributed by atoms with van der Waals surface area (Å²) in [6, 6.07) is 6.29. The summed E-state index contributed by atoms with van der Waals surface area (Å²) in [5.74, 6) is 1.43. The summed E-state index contributed by atoms with van der Waals surface area (Å²) in [5, 5.41) is 13.0. The highest BCUT2D eigenvalue weighted by atomic mass is 16.5. The first-order valence-corrected chi connectivity index (χ1v) is 10.1. The van der Waals surface area contributed by atoms with Crippen molar-refractivity contribution in [3.63, 3.8) is 0 Å². The van der Waals surface area contributed by atoms with Gasteiger partial charge in [-0.2, -0.15) is 0 Å². The molecule has 0 unspecified atom stereocenters. The second kappa shape index (κ2) is 7.97. The summed E-state index contributed by atoms with van der Waals surface area (Å²) in [5.41, 5.74) is 2.38. The molecule has 1 saturated heterocycles. The van der Waals surface area contributed by atoms with Gasteiger partial charge in [-0.3, -0.25) is 4.79 Å². The van der Waals surface area contributed by atoms with Crippen LogP contribution in [0.4, 0.5) is 0 Å². The van der Waals surface area contributed by atoms with Crippen molar-refractivity contribution in [3.8, 4) is 5.75 Å². The highest BCUT2D eigenvalue weighted by Crippen LogP contribution is 2.39. The Morgan fingerprint density at radius 1 is 1.31 bits per heavy atom. The van der Waals surface area contributed by atoms with Crippen LogP contribution < -0.4 is 10.1 Å². The van der Waals surface area contributed by atoms with Gasteiger partial charge in [-0.1, -0.05) is 6.07 Å². The Balaban J connectivity index is 1.36. The molecular formula is C21H30N2O3. The topological polar surface area (TPSA) is 61.8 Å². The maximum atomic E-state index is 12.5. The number of nitrogens with one attached hydrogen (secondary N) is 1. The Morgan fingerprint density at radius 2 is 2.12 bits per heavy atom. The van der Waals surface area contributed by atoms with Crippen LogP contribution in [-0.4, -0.2) is 48.3 Å². The van der Waals surface area contributed by atoms with Gasteiger partial charge in [0.15, 0.2) is 0 Å². The normalized spacial score (nSPS) is 26.0.